The minimum atomic E-state index is 0.323. The standard InChI is InChI=1S/C15H20BrN3/c1-11(2)19-10-17-8-15(19)9-18-12(3)13-4-6-14(16)7-5-13/h4-8,10-12,18H,9H2,1-3H3/t12-/m0/s1. The highest BCUT2D eigenvalue weighted by molar-refractivity contribution is 9.10. The normalized spacial score (nSPS) is 12.9. The van der Waals surface area contributed by atoms with Crippen molar-refractivity contribution in [3.05, 3.63) is 52.5 Å². The first kappa shape index (κ1) is 14.3. The summed E-state index contributed by atoms with van der Waals surface area (Å²) in [6.07, 6.45) is 3.83. The summed E-state index contributed by atoms with van der Waals surface area (Å²) >= 11 is 3.46. The summed E-state index contributed by atoms with van der Waals surface area (Å²) in [7, 11) is 0. The van der Waals surface area contributed by atoms with Gasteiger partial charge < -0.3 is 9.88 Å². The minimum Gasteiger partial charge on any atom is -0.331 e. The monoisotopic (exact) mass is 321 g/mol. The van der Waals surface area contributed by atoms with E-state index < -0.39 is 0 Å². The predicted octanol–water partition coefficient (Wildman–Crippen LogP) is 4.08. The molecule has 0 fully saturated rings. The van der Waals surface area contributed by atoms with Gasteiger partial charge in [-0.2, -0.15) is 0 Å². The molecule has 2 aromatic rings. The Labute approximate surface area is 123 Å². The molecule has 0 aliphatic heterocycles. The third kappa shape index (κ3) is 3.67. The molecule has 1 aromatic carbocycles. The number of aromatic nitrogens is 2. The summed E-state index contributed by atoms with van der Waals surface area (Å²) < 4.78 is 3.31. The quantitative estimate of drug-likeness (QED) is 0.899. The smallest absolute Gasteiger partial charge is 0.0951 e. The number of hydrogen-bond donors (Lipinski definition) is 1. The zero-order valence-corrected chi connectivity index (χ0v) is 13.2. The molecule has 3 nitrogen and oxygen atoms in total. The van der Waals surface area contributed by atoms with E-state index >= 15 is 0 Å². The zero-order valence-electron chi connectivity index (χ0n) is 11.6. The maximum absolute atomic E-state index is 4.22. The molecule has 0 saturated carbocycles. The molecule has 1 heterocycles. The van der Waals surface area contributed by atoms with E-state index in [0.717, 1.165) is 11.0 Å². The van der Waals surface area contributed by atoms with E-state index in [0.29, 0.717) is 12.1 Å². The van der Waals surface area contributed by atoms with Crippen LogP contribution in [0.3, 0.4) is 0 Å². The van der Waals surface area contributed by atoms with Crippen molar-refractivity contribution < 1.29 is 0 Å². The van der Waals surface area contributed by atoms with Gasteiger partial charge in [0.25, 0.3) is 0 Å². The maximum Gasteiger partial charge on any atom is 0.0951 e. The SMILES string of the molecule is CC(C)n1cncc1CN[C@@H](C)c1ccc(Br)cc1. The van der Waals surface area contributed by atoms with Gasteiger partial charge in [0.15, 0.2) is 0 Å². The summed E-state index contributed by atoms with van der Waals surface area (Å²) in [4.78, 5) is 4.22. The zero-order chi connectivity index (χ0) is 13.8. The molecule has 19 heavy (non-hydrogen) atoms. The van der Waals surface area contributed by atoms with Crippen molar-refractivity contribution in [2.75, 3.05) is 0 Å². The molecule has 102 valence electrons. The summed E-state index contributed by atoms with van der Waals surface area (Å²) in [5, 5.41) is 3.54. The van der Waals surface area contributed by atoms with Gasteiger partial charge in [0.2, 0.25) is 0 Å². The summed E-state index contributed by atoms with van der Waals surface area (Å²) in [6, 6.07) is 9.20. The Morgan fingerprint density at radius 3 is 2.53 bits per heavy atom. The van der Waals surface area contributed by atoms with Crippen molar-refractivity contribution in [1.82, 2.24) is 14.9 Å². The van der Waals surface area contributed by atoms with Crippen LogP contribution >= 0.6 is 15.9 Å². The van der Waals surface area contributed by atoms with Crippen molar-refractivity contribution >= 4 is 15.9 Å². The van der Waals surface area contributed by atoms with Gasteiger partial charge in [-0.3, -0.25) is 0 Å². The molecule has 0 unspecified atom stereocenters. The summed E-state index contributed by atoms with van der Waals surface area (Å²) in [6.45, 7) is 7.35. The van der Waals surface area contributed by atoms with Crippen LogP contribution in [0, 0.1) is 0 Å². The first-order valence-corrected chi connectivity index (χ1v) is 7.36. The fourth-order valence-corrected chi connectivity index (χ4v) is 2.33. The molecule has 0 spiro atoms. The van der Waals surface area contributed by atoms with Gasteiger partial charge in [0.1, 0.15) is 0 Å². The van der Waals surface area contributed by atoms with E-state index in [2.05, 4.69) is 75.8 Å². The number of nitrogens with zero attached hydrogens (tertiary/aromatic N) is 2. The van der Waals surface area contributed by atoms with Crippen molar-refractivity contribution in [3.8, 4) is 0 Å². The second kappa shape index (κ2) is 6.35. The number of imidazole rings is 1. The molecule has 2 rings (SSSR count). The average Bonchev–Trinajstić information content (AvgIpc) is 2.85. The number of halogens is 1. The average molecular weight is 322 g/mol. The molecule has 1 N–H and O–H groups in total. The molecule has 0 bridgehead atoms. The highest BCUT2D eigenvalue weighted by atomic mass is 79.9. The Bertz CT molecular complexity index is 516. The van der Waals surface area contributed by atoms with Crippen LogP contribution in [0.5, 0.6) is 0 Å². The Hall–Kier alpha value is -1.13. The van der Waals surface area contributed by atoms with Crippen LogP contribution in [-0.4, -0.2) is 9.55 Å². The summed E-state index contributed by atoms with van der Waals surface area (Å²) in [5.41, 5.74) is 2.51. The molecule has 1 atom stereocenters. The minimum absolute atomic E-state index is 0.323. The number of benzene rings is 1. The number of rotatable bonds is 5. The van der Waals surface area contributed by atoms with Gasteiger partial charge in [-0.15, -0.1) is 0 Å². The molecule has 0 aliphatic rings. The maximum atomic E-state index is 4.22. The van der Waals surface area contributed by atoms with E-state index in [9.17, 15) is 0 Å². The van der Waals surface area contributed by atoms with Crippen LogP contribution in [0.2, 0.25) is 0 Å². The van der Waals surface area contributed by atoms with Crippen molar-refractivity contribution in [2.45, 2.75) is 39.4 Å². The van der Waals surface area contributed by atoms with E-state index in [1.165, 1.54) is 11.3 Å². The van der Waals surface area contributed by atoms with Gasteiger partial charge in [0, 0.05) is 29.3 Å². The van der Waals surface area contributed by atoms with Crippen molar-refractivity contribution in [2.24, 2.45) is 0 Å². The van der Waals surface area contributed by atoms with Crippen LogP contribution in [0.25, 0.3) is 0 Å². The molecule has 0 aliphatic carbocycles. The van der Waals surface area contributed by atoms with Crippen LogP contribution in [0.4, 0.5) is 0 Å². The van der Waals surface area contributed by atoms with Gasteiger partial charge in [0.05, 0.1) is 12.0 Å². The topological polar surface area (TPSA) is 29.9 Å². The lowest BCUT2D eigenvalue weighted by Crippen LogP contribution is -2.20. The largest absolute Gasteiger partial charge is 0.331 e. The van der Waals surface area contributed by atoms with E-state index in [-0.39, 0.29) is 0 Å². The third-order valence-electron chi connectivity index (χ3n) is 3.26. The van der Waals surface area contributed by atoms with E-state index in [1.54, 1.807) is 0 Å². The first-order chi connectivity index (χ1) is 9.08. The fraction of sp³-hybridized carbons (Fsp3) is 0.400. The lowest BCUT2D eigenvalue weighted by molar-refractivity contribution is 0.518. The van der Waals surface area contributed by atoms with E-state index in [4.69, 9.17) is 0 Å². The van der Waals surface area contributed by atoms with Crippen LogP contribution in [0.15, 0.2) is 41.3 Å². The van der Waals surface area contributed by atoms with Gasteiger partial charge in [-0.05, 0) is 38.5 Å². The lowest BCUT2D eigenvalue weighted by atomic mass is 10.1. The van der Waals surface area contributed by atoms with Crippen molar-refractivity contribution in [3.63, 3.8) is 0 Å². The lowest BCUT2D eigenvalue weighted by Gasteiger charge is -2.16. The Kier molecular flexibility index (Phi) is 4.77. The number of nitrogens with one attached hydrogen (secondary N) is 1. The molecule has 0 saturated heterocycles. The van der Waals surface area contributed by atoms with Crippen LogP contribution in [0.1, 0.15) is 44.1 Å². The first-order valence-electron chi connectivity index (χ1n) is 6.57. The highest BCUT2D eigenvalue weighted by Crippen LogP contribution is 2.17. The molecule has 4 heteroatoms. The Morgan fingerprint density at radius 1 is 1.21 bits per heavy atom. The number of hydrogen-bond acceptors (Lipinski definition) is 2. The highest BCUT2D eigenvalue weighted by Gasteiger charge is 2.08. The third-order valence-corrected chi connectivity index (χ3v) is 3.79. The van der Waals surface area contributed by atoms with Gasteiger partial charge in [-0.25, -0.2) is 4.98 Å². The second-order valence-corrected chi connectivity index (χ2v) is 5.96. The van der Waals surface area contributed by atoms with Crippen molar-refractivity contribution in [1.29, 1.82) is 0 Å². The predicted molar refractivity (Wildman–Crippen MR) is 82.0 cm³/mol. The van der Waals surface area contributed by atoms with Crippen LogP contribution < -0.4 is 5.32 Å². The van der Waals surface area contributed by atoms with E-state index in [1.807, 2.05) is 12.5 Å². The molecular formula is C15H20BrN3. The fourth-order valence-electron chi connectivity index (χ4n) is 2.06. The second-order valence-electron chi connectivity index (χ2n) is 5.04. The Balaban J connectivity index is 1.98. The van der Waals surface area contributed by atoms with Crippen LogP contribution in [-0.2, 0) is 6.54 Å². The van der Waals surface area contributed by atoms with Gasteiger partial charge in [-0.1, -0.05) is 28.1 Å². The molecule has 0 amide bonds. The molecule has 1 aromatic heterocycles. The van der Waals surface area contributed by atoms with Gasteiger partial charge >= 0.3 is 0 Å². The molecular weight excluding hydrogens is 302 g/mol. The molecule has 0 radical (unpaired) electrons. The summed E-state index contributed by atoms with van der Waals surface area (Å²) in [5.74, 6) is 0. The Morgan fingerprint density at radius 2 is 1.89 bits per heavy atom.